The van der Waals surface area contributed by atoms with E-state index in [0.717, 1.165) is 24.8 Å². The van der Waals surface area contributed by atoms with E-state index in [0.29, 0.717) is 23.7 Å². The molecule has 2 N–H and O–H groups in total. The summed E-state index contributed by atoms with van der Waals surface area (Å²) in [7, 11) is -3.56. The van der Waals surface area contributed by atoms with Crippen molar-refractivity contribution in [1.82, 2.24) is 14.9 Å². The number of carbonyl (C=O) groups excluding carboxylic acids is 1. The number of rotatable bonds is 6. The Morgan fingerprint density at radius 1 is 1.10 bits per heavy atom. The smallest absolute Gasteiger partial charge is 0.315 e. The van der Waals surface area contributed by atoms with Crippen molar-refractivity contribution in [2.24, 2.45) is 0 Å². The van der Waals surface area contributed by atoms with E-state index in [1.807, 2.05) is 19.1 Å². The first-order valence-electron chi connectivity index (χ1n) is 9.76. The normalized spacial score (nSPS) is 16.2. The molecule has 1 aliphatic heterocycles. The van der Waals surface area contributed by atoms with E-state index in [-0.39, 0.29) is 23.5 Å². The summed E-state index contributed by atoms with van der Waals surface area (Å²) in [6.07, 6.45) is 2.81. The zero-order valence-electron chi connectivity index (χ0n) is 16.4. The van der Waals surface area contributed by atoms with Crippen LogP contribution in [0.2, 0.25) is 5.02 Å². The molecule has 6 nitrogen and oxygen atoms in total. The van der Waals surface area contributed by atoms with Crippen LogP contribution in [0.25, 0.3) is 0 Å². The molecule has 1 heterocycles. The molecule has 2 amide bonds. The van der Waals surface area contributed by atoms with Crippen molar-refractivity contribution in [2.45, 2.75) is 43.7 Å². The standard InChI is InChI=1S/C21H26ClN3O3S/c1-16(17-9-7-10-19(22)14-17)24-21(26)23-15-18-8-3-4-11-20(18)29(27,28)25-12-5-2-6-13-25/h3-4,7-11,14,16H,2,5-6,12-13,15H2,1H3,(H2,23,24,26)/t16-/m0/s1. The van der Waals surface area contributed by atoms with E-state index in [9.17, 15) is 13.2 Å². The molecule has 1 fully saturated rings. The fraction of sp³-hybridized carbons (Fsp3) is 0.381. The molecule has 2 aromatic carbocycles. The molecule has 0 unspecified atom stereocenters. The van der Waals surface area contributed by atoms with Crippen molar-refractivity contribution in [1.29, 1.82) is 0 Å². The minimum Gasteiger partial charge on any atom is -0.334 e. The van der Waals surface area contributed by atoms with Gasteiger partial charge < -0.3 is 10.6 Å². The summed E-state index contributed by atoms with van der Waals surface area (Å²) < 4.78 is 27.6. The number of carbonyl (C=O) groups is 1. The summed E-state index contributed by atoms with van der Waals surface area (Å²) in [5.41, 5.74) is 1.46. The van der Waals surface area contributed by atoms with Gasteiger partial charge in [0.15, 0.2) is 0 Å². The minimum absolute atomic E-state index is 0.122. The summed E-state index contributed by atoms with van der Waals surface area (Å²) in [6, 6.07) is 13.5. The van der Waals surface area contributed by atoms with Crippen LogP contribution in [0.15, 0.2) is 53.4 Å². The van der Waals surface area contributed by atoms with Crippen LogP contribution in [-0.2, 0) is 16.6 Å². The van der Waals surface area contributed by atoms with Crippen molar-refractivity contribution >= 4 is 27.7 Å². The number of urea groups is 1. The fourth-order valence-corrected chi connectivity index (χ4v) is 5.37. The molecule has 2 aromatic rings. The Kier molecular flexibility index (Phi) is 7.16. The van der Waals surface area contributed by atoms with Crippen molar-refractivity contribution < 1.29 is 13.2 Å². The second kappa shape index (κ2) is 9.61. The molecule has 1 atom stereocenters. The van der Waals surface area contributed by atoms with E-state index in [1.165, 1.54) is 4.31 Å². The zero-order chi connectivity index (χ0) is 20.9. The van der Waals surface area contributed by atoms with Gasteiger partial charge >= 0.3 is 6.03 Å². The molecule has 1 aliphatic rings. The Bertz CT molecular complexity index is 959. The fourth-order valence-electron chi connectivity index (χ4n) is 3.43. The van der Waals surface area contributed by atoms with Crippen LogP contribution in [0.5, 0.6) is 0 Å². The van der Waals surface area contributed by atoms with Gasteiger partial charge in [-0.1, -0.05) is 48.4 Å². The summed E-state index contributed by atoms with van der Waals surface area (Å²) in [5, 5.41) is 6.22. The quantitative estimate of drug-likeness (QED) is 0.717. The largest absolute Gasteiger partial charge is 0.334 e. The monoisotopic (exact) mass is 435 g/mol. The van der Waals surface area contributed by atoms with Crippen LogP contribution in [0, 0.1) is 0 Å². The first kappa shape index (κ1) is 21.6. The SMILES string of the molecule is C[C@H](NC(=O)NCc1ccccc1S(=O)(=O)N1CCCCC1)c1cccc(Cl)c1. The van der Waals surface area contributed by atoms with Gasteiger partial charge in [0.2, 0.25) is 10.0 Å². The maximum absolute atomic E-state index is 13.0. The molecule has 0 radical (unpaired) electrons. The van der Waals surface area contributed by atoms with E-state index in [2.05, 4.69) is 10.6 Å². The maximum atomic E-state index is 13.0. The van der Waals surface area contributed by atoms with Gasteiger partial charge in [-0.3, -0.25) is 0 Å². The molecule has 0 aliphatic carbocycles. The molecule has 29 heavy (non-hydrogen) atoms. The molecule has 156 valence electrons. The van der Waals surface area contributed by atoms with Gasteiger partial charge in [0.25, 0.3) is 0 Å². The van der Waals surface area contributed by atoms with Gasteiger partial charge in [-0.25, -0.2) is 13.2 Å². The first-order chi connectivity index (χ1) is 13.9. The average molecular weight is 436 g/mol. The molecule has 1 saturated heterocycles. The Labute approximate surface area is 177 Å². The zero-order valence-corrected chi connectivity index (χ0v) is 18.0. The third kappa shape index (κ3) is 5.50. The number of halogens is 1. The summed E-state index contributed by atoms with van der Waals surface area (Å²) in [5.74, 6) is 0. The lowest BCUT2D eigenvalue weighted by Gasteiger charge is -2.27. The summed E-state index contributed by atoms with van der Waals surface area (Å²) >= 11 is 6.00. The van der Waals surface area contributed by atoms with Gasteiger partial charge in [0.05, 0.1) is 10.9 Å². The molecule has 3 rings (SSSR count). The van der Waals surface area contributed by atoms with Crippen LogP contribution in [0.4, 0.5) is 4.79 Å². The topological polar surface area (TPSA) is 78.5 Å². The van der Waals surface area contributed by atoms with Crippen LogP contribution < -0.4 is 10.6 Å². The predicted molar refractivity (Wildman–Crippen MR) is 114 cm³/mol. The van der Waals surface area contributed by atoms with E-state index < -0.39 is 10.0 Å². The van der Waals surface area contributed by atoms with Gasteiger partial charge in [0.1, 0.15) is 0 Å². The second-order valence-corrected chi connectivity index (χ2v) is 9.52. The molecular formula is C21H26ClN3O3S. The van der Waals surface area contributed by atoms with Crippen molar-refractivity contribution in [3.05, 3.63) is 64.7 Å². The molecule has 8 heteroatoms. The highest BCUT2D eigenvalue weighted by Crippen LogP contribution is 2.23. The molecule has 0 bridgehead atoms. The minimum atomic E-state index is -3.56. The van der Waals surface area contributed by atoms with Crippen LogP contribution in [0.1, 0.15) is 43.4 Å². The van der Waals surface area contributed by atoms with Crippen LogP contribution >= 0.6 is 11.6 Å². The van der Waals surface area contributed by atoms with Crippen molar-refractivity contribution in [3.8, 4) is 0 Å². The molecule has 0 saturated carbocycles. The van der Waals surface area contributed by atoms with Gasteiger partial charge in [-0.05, 0) is 49.1 Å². The second-order valence-electron chi connectivity index (χ2n) is 7.18. The van der Waals surface area contributed by atoms with E-state index in [4.69, 9.17) is 11.6 Å². The number of benzene rings is 2. The van der Waals surface area contributed by atoms with E-state index >= 15 is 0 Å². The number of hydrogen-bond donors (Lipinski definition) is 2. The predicted octanol–water partition coefficient (Wildman–Crippen LogP) is 4.08. The van der Waals surface area contributed by atoms with E-state index in [1.54, 1.807) is 36.4 Å². The lowest BCUT2D eigenvalue weighted by Crippen LogP contribution is -2.38. The highest BCUT2D eigenvalue weighted by Gasteiger charge is 2.27. The number of sulfonamides is 1. The maximum Gasteiger partial charge on any atom is 0.315 e. The number of nitrogens with one attached hydrogen (secondary N) is 2. The first-order valence-corrected chi connectivity index (χ1v) is 11.6. The van der Waals surface area contributed by atoms with Crippen molar-refractivity contribution in [2.75, 3.05) is 13.1 Å². The highest BCUT2D eigenvalue weighted by molar-refractivity contribution is 7.89. The molecular weight excluding hydrogens is 410 g/mol. The molecule has 0 aromatic heterocycles. The Hall–Kier alpha value is -2.09. The Balaban J connectivity index is 1.66. The third-order valence-electron chi connectivity index (χ3n) is 5.04. The van der Waals surface area contributed by atoms with Gasteiger partial charge in [-0.2, -0.15) is 4.31 Å². The van der Waals surface area contributed by atoms with Gasteiger partial charge in [-0.15, -0.1) is 0 Å². The number of piperidine rings is 1. The lowest BCUT2D eigenvalue weighted by molar-refractivity contribution is 0.237. The lowest BCUT2D eigenvalue weighted by atomic mass is 10.1. The number of hydrogen-bond acceptors (Lipinski definition) is 3. The number of nitrogens with zero attached hydrogens (tertiary/aromatic N) is 1. The Morgan fingerprint density at radius 3 is 2.55 bits per heavy atom. The van der Waals surface area contributed by atoms with Crippen LogP contribution in [-0.4, -0.2) is 31.8 Å². The average Bonchev–Trinajstić information content (AvgIpc) is 2.73. The highest BCUT2D eigenvalue weighted by atomic mass is 35.5. The Morgan fingerprint density at radius 2 is 1.83 bits per heavy atom. The summed E-state index contributed by atoms with van der Waals surface area (Å²) in [4.78, 5) is 12.6. The van der Waals surface area contributed by atoms with Crippen molar-refractivity contribution in [3.63, 3.8) is 0 Å². The van der Waals surface area contributed by atoms with Gasteiger partial charge in [0, 0.05) is 24.7 Å². The molecule has 0 spiro atoms. The van der Waals surface area contributed by atoms with Crippen LogP contribution in [0.3, 0.4) is 0 Å². The summed E-state index contributed by atoms with van der Waals surface area (Å²) in [6.45, 7) is 3.07. The number of amides is 2. The third-order valence-corrected chi connectivity index (χ3v) is 7.28.